The van der Waals surface area contributed by atoms with E-state index in [2.05, 4.69) is 15.3 Å². The van der Waals surface area contributed by atoms with Gasteiger partial charge in [-0.25, -0.2) is 14.4 Å². The standard InChI is InChI=1S/C13H15FN4O/c1-7-12(15)16-8(2)17-13(7)18-11-6-9(19-3)4-5-10(11)14/h4-6H,1-3H3,(H3,15,16,17,18). The highest BCUT2D eigenvalue weighted by molar-refractivity contribution is 5.65. The fraction of sp³-hybridized carbons (Fsp3) is 0.231. The molecule has 0 fully saturated rings. The Balaban J connectivity index is 2.41. The fourth-order valence-corrected chi connectivity index (χ4v) is 1.63. The summed E-state index contributed by atoms with van der Waals surface area (Å²) in [7, 11) is 1.52. The van der Waals surface area contributed by atoms with Crippen LogP contribution in [-0.2, 0) is 0 Å². The molecule has 2 aromatic rings. The number of nitrogens with two attached hydrogens (primary N) is 1. The highest BCUT2D eigenvalue weighted by Gasteiger charge is 2.10. The van der Waals surface area contributed by atoms with E-state index in [1.807, 2.05) is 0 Å². The highest BCUT2D eigenvalue weighted by atomic mass is 19.1. The molecule has 3 N–H and O–H groups in total. The molecule has 0 aliphatic heterocycles. The van der Waals surface area contributed by atoms with Gasteiger partial charge in [-0.15, -0.1) is 0 Å². The van der Waals surface area contributed by atoms with Crippen LogP contribution in [0.2, 0.25) is 0 Å². The number of methoxy groups -OCH3 is 1. The van der Waals surface area contributed by atoms with Crippen LogP contribution in [0.1, 0.15) is 11.4 Å². The van der Waals surface area contributed by atoms with E-state index in [-0.39, 0.29) is 5.69 Å². The molecule has 0 saturated carbocycles. The van der Waals surface area contributed by atoms with Crippen LogP contribution in [0.4, 0.5) is 21.7 Å². The number of nitrogen functional groups attached to an aromatic ring is 1. The van der Waals surface area contributed by atoms with E-state index < -0.39 is 5.82 Å². The van der Waals surface area contributed by atoms with E-state index in [0.29, 0.717) is 28.8 Å². The van der Waals surface area contributed by atoms with Crippen LogP contribution in [0.3, 0.4) is 0 Å². The molecule has 5 nitrogen and oxygen atoms in total. The number of hydrogen-bond donors (Lipinski definition) is 2. The molecule has 0 atom stereocenters. The maximum atomic E-state index is 13.7. The summed E-state index contributed by atoms with van der Waals surface area (Å²) in [5, 5.41) is 2.91. The second kappa shape index (κ2) is 5.09. The Morgan fingerprint density at radius 2 is 2.00 bits per heavy atom. The molecule has 1 aromatic carbocycles. The lowest BCUT2D eigenvalue weighted by atomic mass is 10.2. The van der Waals surface area contributed by atoms with Crippen LogP contribution >= 0.6 is 0 Å². The van der Waals surface area contributed by atoms with Crippen molar-refractivity contribution in [2.24, 2.45) is 0 Å². The molecule has 2 rings (SSSR count). The topological polar surface area (TPSA) is 73.1 Å². The van der Waals surface area contributed by atoms with Gasteiger partial charge in [-0.2, -0.15) is 0 Å². The predicted molar refractivity (Wildman–Crippen MR) is 72.2 cm³/mol. The summed E-state index contributed by atoms with van der Waals surface area (Å²) in [5.41, 5.74) is 6.71. The molecule has 0 bridgehead atoms. The van der Waals surface area contributed by atoms with E-state index >= 15 is 0 Å². The summed E-state index contributed by atoms with van der Waals surface area (Å²) in [6, 6.07) is 4.43. The number of anilines is 3. The van der Waals surface area contributed by atoms with Crippen molar-refractivity contribution in [3.8, 4) is 5.75 Å². The van der Waals surface area contributed by atoms with Crippen molar-refractivity contribution in [1.82, 2.24) is 9.97 Å². The van der Waals surface area contributed by atoms with Gasteiger partial charge in [0.15, 0.2) is 0 Å². The van der Waals surface area contributed by atoms with Gasteiger partial charge in [-0.1, -0.05) is 0 Å². The number of benzene rings is 1. The Morgan fingerprint density at radius 1 is 1.26 bits per heavy atom. The highest BCUT2D eigenvalue weighted by Crippen LogP contribution is 2.26. The summed E-state index contributed by atoms with van der Waals surface area (Å²) >= 11 is 0. The Labute approximate surface area is 110 Å². The van der Waals surface area contributed by atoms with Crippen LogP contribution in [0.5, 0.6) is 5.75 Å². The third-order valence-electron chi connectivity index (χ3n) is 2.72. The van der Waals surface area contributed by atoms with Gasteiger partial charge in [0.25, 0.3) is 0 Å². The fourth-order valence-electron chi connectivity index (χ4n) is 1.63. The first-order chi connectivity index (χ1) is 9.01. The van der Waals surface area contributed by atoms with Gasteiger partial charge in [-0.05, 0) is 26.0 Å². The molecule has 0 saturated heterocycles. The Hall–Kier alpha value is -2.37. The number of aryl methyl sites for hydroxylation is 1. The van der Waals surface area contributed by atoms with Gasteiger partial charge >= 0.3 is 0 Å². The number of nitrogens with zero attached hydrogens (tertiary/aromatic N) is 2. The second-order valence-corrected chi connectivity index (χ2v) is 4.10. The quantitative estimate of drug-likeness (QED) is 0.889. The van der Waals surface area contributed by atoms with Gasteiger partial charge in [0.05, 0.1) is 12.8 Å². The van der Waals surface area contributed by atoms with E-state index in [1.54, 1.807) is 26.0 Å². The van der Waals surface area contributed by atoms with Crippen molar-refractivity contribution >= 4 is 17.3 Å². The Kier molecular flexibility index (Phi) is 3.50. The molecule has 1 aromatic heterocycles. The van der Waals surface area contributed by atoms with Crippen LogP contribution in [0.25, 0.3) is 0 Å². The van der Waals surface area contributed by atoms with Gasteiger partial charge in [0.2, 0.25) is 0 Å². The van der Waals surface area contributed by atoms with E-state index in [4.69, 9.17) is 10.5 Å². The molecule has 1 heterocycles. The average molecular weight is 262 g/mol. The molecule has 19 heavy (non-hydrogen) atoms. The molecule has 100 valence electrons. The maximum absolute atomic E-state index is 13.7. The number of aromatic nitrogens is 2. The van der Waals surface area contributed by atoms with Crippen molar-refractivity contribution in [1.29, 1.82) is 0 Å². The van der Waals surface area contributed by atoms with E-state index in [9.17, 15) is 4.39 Å². The monoisotopic (exact) mass is 262 g/mol. The smallest absolute Gasteiger partial charge is 0.146 e. The molecular formula is C13H15FN4O. The summed E-state index contributed by atoms with van der Waals surface area (Å²) in [6.07, 6.45) is 0. The minimum atomic E-state index is -0.393. The first-order valence-corrected chi connectivity index (χ1v) is 5.72. The zero-order valence-electron chi connectivity index (χ0n) is 11.0. The van der Waals surface area contributed by atoms with Crippen molar-refractivity contribution in [3.05, 3.63) is 35.4 Å². The lowest BCUT2D eigenvalue weighted by Gasteiger charge is -2.12. The SMILES string of the molecule is COc1ccc(F)c(Nc2nc(C)nc(N)c2C)c1. The van der Waals surface area contributed by atoms with Crippen molar-refractivity contribution < 1.29 is 9.13 Å². The van der Waals surface area contributed by atoms with E-state index in [1.165, 1.54) is 13.2 Å². The third kappa shape index (κ3) is 2.73. The Bertz CT molecular complexity index is 616. The predicted octanol–water partition coefficient (Wildman–Crippen LogP) is 2.57. The lowest BCUT2D eigenvalue weighted by molar-refractivity contribution is 0.414. The van der Waals surface area contributed by atoms with Gasteiger partial charge in [-0.3, -0.25) is 0 Å². The first kappa shape index (κ1) is 13.1. The molecule has 0 amide bonds. The number of halogens is 1. The summed E-state index contributed by atoms with van der Waals surface area (Å²) in [4.78, 5) is 8.26. The summed E-state index contributed by atoms with van der Waals surface area (Å²) < 4.78 is 18.8. The normalized spacial score (nSPS) is 10.3. The number of ether oxygens (including phenoxy) is 1. The van der Waals surface area contributed by atoms with Gasteiger partial charge < -0.3 is 15.8 Å². The van der Waals surface area contributed by atoms with Gasteiger partial charge in [0, 0.05) is 11.6 Å². The van der Waals surface area contributed by atoms with Crippen LogP contribution < -0.4 is 15.8 Å². The van der Waals surface area contributed by atoms with Crippen LogP contribution in [-0.4, -0.2) is 17.1 Å². The summed E-state index contributed by atoms with van der Waals surface area (Å²) in [6.45, 7) is 3.50. The van der Waals surface area contributed by atoms with Crippen molar-refractivity contribution in [2.75, 3.05) is 18.2 Å². The minimum Gasteiger partial charge on any atom is -0.497 e. The lowest BCUT2D eigenvalue weighted by Crippen LogP contribution is -2.05. The minimum absolute atomic E-state index is 0.278. The molecule has 0 spiro atoms. The number of rotatable bonds is 3. The molecule has 0 radical (unpaired) electrons. The first-order valence-electron chi connectivity index (χ1n) is 5.72. The third-order valence-corrected chi connectivity index (χ3v) is 2.72. The number of hydrogen-bond acceptors (Lipinski definition) is 5. The van der Waals surface area contributed by atoms with Gasteiger partial charge in [0.1, 0.15) is 29.0 Å². The summed E-state index contributed by atoms with van der Waals surface area (Å²) in [5.74, 6) is 1.54. The number of nitrogens with one attached hydrogen (secondary N) is 1. The molecule has 0 unspecified atom stereocenters. The molecule has 6 heteroatoms. The second-order valence-electron chi connectivity index (χ2n) is 4.10. The van der Waals surface area contributed by atoms with Crippen LogP contribution in [0, 0.1) is 19.7 Å². The molecule has 0 aliphatic carbocycles. The van der Waals surface area contributed by atoms with Crippen molar-refractivity contribution in [2.45, 2.75) is 13.8 Å². The largest absolute Gasteiger partial charge is 0.497 e. The molecular weight excluding hydrogens is 247 g/mol. The zero-order chi connectivity index (χ0) is 14.0. The average Bonchev–Trinajstić information content (AvgIpc) is 2.38. The van der Waals surface area contributed by atoms with Crippen LogP contribution in [0.15, 0.2) is 18.2 Å². The molecule has 0 aliphatic rings. The van der Waals surface area contributed by atoms with E-state index in [0.717, 1.165) is 0 Å². The maximum Gasteiger partial charge on any atom is 0.146 e. The van der Waals surface area contributed by atoms with Crippen molar-refractivity contribution in [3.63, 3.8) is 0 Å². The Morgan fingerprint density at radius 3 is 2.68 bits per heavy atom. The zero-order valence-corrected chi connectivity index (χ0v) is 11.0.